The molecule has 2 rings (SSSR count). The maximum absolute atomic E-state index is 11.0. The Morgan fingerprint density at radius 1 is 1.05 bits per heavy atom. The van der Waals surface area contributed by atoms with Gasteiger partial charge in [-0.15, -0.1) is 0 Å². The highest BCUT2D eigenvalue weighted by Gasteiger charge is 2.19. The molecule has 0 amide bonds. The fourth-order valence-electron chi connectivity index (χ4n) is 2.00. The lowest BCUT2D eigenvalue weighted by Gasteiger charge is -2.13. The van der Waals surface area contributed by atoms with E-state index < -0.39 is 11.0 Å². The Morgan fingerprint density at radius 3 is 2.19 bits per heavy atom. The minimum atomic E-state index is -0.958. The minimum Gasteiger partial charge on any atom is -0.497 e. The van der Waals surface area contributed by atoms with Crippen LogP contribution in [0.1, 0.15) is 17.2 Å². The minimum absolute atomic E-state index is 0.158. The van der Waals surface area contributed by atoms with Crippen molar-refractivity contribution >= 4 is 5.69 Å². The number of aliphatic hydroxyl groups is 1. The summed E-state index contributed by atoms with van der Waals surface area (Å²) in [5.74, 6) is 0.831. The van der Waals surface area contributed by atoms with E-state index in [-0.39, 0.29) is 11.4 Å². The lowest BCUT2D eigenvalue weighted by Crippen LogP contribution is -2.02. The van der Waals surface area contributed by atoms with E-state index in [4.69, 9.17) is 9.47 Å². The maximum Gasteiger partial charge on any atom is 0.311 e. The molecule has 6 heteroatoms. The zero-order chi connectivity index (χ0) is 15.4. The van der Waals surface area contributed by atoms with Crippen molar-refractivity contribution in [2.24, 2.45) is 0 Å². The number of nitro benzene ring substituents is 1. The Hall–Kier alpha value is -2.60. The van der Waals surface area contributed by atoms with Crippen molar-refractivity contribution in [1.29, 1.82) is 0 Å². The average molecular weight is 289 g/mol. The Bertz CT molecular complexity index is 639. The van der Waals surface area contributed by atoms with Gasteiger partial charge >= 0.3 is 5.69 Å². The fraction of sp³-hybridized carbons (Fsp3) is 0.200. The third-order valence-corrected chi connectivity index (χ3v) is 3.15. The Kier molecular flexibility index (Phi) is 4.39. The number of methoxy groups -OCH3 is 2. The number of rotatable bonds is 5. The van der Waals surface area contributed by atoms with Crippen LogP contribution in [0.4, 0.5) is 5.69 Å². The highest BCUT2D eigenvalue weighted by Crippen LogP contribution is 2.32. The summed E-state index contributed by atoms with van der Waals surface area (Å²) in [6.07, 6.45) is -0.958. The van der Waals surface area contributed by atoms with Gasteiger partial charge < -0.3 is 14.6 Å². The molecule has 0 fully saturated rings. The molecule has 2 aromatic rings. The van der Waals surface area contributed by atoms with Gasteiger partial charge in [-0.1, -0.05) is 18.2 Å². The second-order valence-corrected chi connectivity index (χ2v) is 4.36. The summed E-state index contributed by atoms with van der Waals surface area (Å²) < 4.78 is 9.99. The molecule has 110 valence electrons. The smallest absolute Gasteiger partial charge is 0.311 e. The molecular formula is C15H15NO5. The number of ether oxygens (including phenoxy) is 2. The van der Waals surface area contributed by atoms with E-state index in [2.05, 4.69) is 0 Å². The van der Waals surface area contributed by atoms with E-state index in [0.717, 1.165) is 0 Å². The van der Waals surface area contributed by atoms with Crippen LogP contribution in [-0.2, 0) is 0 Å². The predicted octanol–water partition coefficient (Wildman–Crippen LogP) is 2.69. The molecular weight excluding hydrogens is 274 g/mol. The molecule has 0 aliphatic rings. The van der Waals surface area contributed by atoms with Crippen molar-refractivity contribution in [3.63, 3.8) is 0 Å². The van der Waals surface area contributed by atoms with E-state index in [9.17, 15) is 15.2 Å². The average Bonchev–Trinajstić information content (AvgIpc) is 2.53. The largest absolute Gasteiger partial charge is 0.497 e. The molecule has 0 heterocycles. The van der Waals surface area contributed by atoms with Crippen LogP contribution in [0, 0.1) is 10.1 Å². The van der Waals surface area contributed by atoms with Gasteiger partial charge in [-0.3, -0.25) is 10.1 Å². The number of benzene rings is 2. The highest BCUT2D eigenvalue weighted by atomic mass is 16.6. The van der Waals surface area contributed by atoms with Crippen LogP contribution in [0.25, 0.3) is 0 Å². The normalized spacial score (nSPS) is 11.8. The number of hydrogen-bond donors (Lipinski definition) is 1. The van der Waals surface area contributed by atoms with Crippen molar-refractivity contribution < 1.29 is 19.5 Å². The molecule has 0 aliphatic heterocycles. The van der Waals surface area contributed by atoms with Crippen molar-refractivity contribution in [2.75, 3.05) is 14.2 Å². The maximum atomic E-state index is 11.0. The zero-order valence-electron chi connectivity index (χ0n) is 11.6. The standard InChI is InChI=1S/C15H15NO5/c1-20-12-6-3-10(4-7-12)15(17)11-5-8-14(21-2)13(9-11)16(18)19/h3-9,15,17H,1-2H3. The summed E-state index contributed by atoms with van der Waals surface area (Å²) in [5, 5.41) is 21.3. The van der Waals surface area contributed by atoms with Gasteiger partial charge in [0.2, 0.25) is 0 Å². The van der Waals surface area contributed by atoms with Crippen LogP contribution in [0.3, 0.4) is 0 Å². The SMILES string of the molecule is COc1ccc(C(O)c2ccc(OC)c([N+](=O)[O-])c2)cc1. The van der Waals surface area contributed by atoms with Crippen LogP contribution in [-0.4, -0.2) is 24.2 Å². The number of aliphatic hydroxyl groups excluding tert-OH is 1. The lowest BCUT2D eigenvalue weighted by atomic mass is 10.0. The van der Waals surface area contributed by atoms with Crippen molar-refractivity contribution in [2.45, 2.75) is 6.10 Å². The summed E-state index contributed by atoms with van der Waals surface area (Å²) in [4.78, 5) is 10.5. The van der Waals surface area contributed by atoms with E-state index in [1.165, 1.54) is 19.2 Å². The summed E-state index contributed by atoms with van der Waals surface area (Å²) in [6.45, 7) is 0. The van der Waals surface area contributed by atoms with Gasteiger partial charge in [-0.05, 0) is 29.3 Å². The van der Waals surface area contributed by atoms with Crippen molar-refractivity contribution in [3.8, 4) is 11.5 Å². The second-order valence-electron chi connectivity index (χ2n) is 4.36. The molecule has 6 nitrogen and oxygen atoms in total. The van der Waals surface area contributed by atoms with Gasteiger partial charge in [0.1, 0.15) is 11.9 Å². The van der Waals surface area contributed by atoms with Crippen molar-refractivity contribution in [1.82, 2.24) is 0 Å². The number of nitrogens with zero attached hydrogens (tertiary/aromatic N) is 1. The third kappa shape index (κ3) is 3.11. The Balaban J connectivity index is 2.35. The first-order valence-corrected chi connectivity index (χ1v) is 6.21. The van der Waals surface area contributed by atoms with Gasteiger partial charge in [0.15, 0.2) is 5.75 Å². The van der Waals surface area contributed by atoms with Crippen LogP contribution in [0.5, 0.6) is 11.5 Å². The molecule has 0 aromatic heterocycles. The third-order valence-electron chi connectivity index (χ3n) is 3.15. The molecule has 0 bridgehead atoms. The highest BCUT2D eigenvalue weighted by molar-refractivity contribution is 5.50. The monoisotopic (exact) mass is 289 g/mol. The Labute approximate surface area is 121 Å². The molecule has 0 aliphatic carbocycles. The quantitative estimate of drug-likeness (QED) is 0.676. The first-order chi connectivity index (χ1) is 10.1. The molecule has 21 heavy (non-hydrogen) atoms. The number of nitro groups is 1. The predicted molar refractivity (Wildman–Crippen MR) is 76.7 cm³/mol. The summed E-state index contributed by atoms with van der Waals surface area (Å²) in [7, 11) is 2.92. The first-order valence-electron chi connectivity index (χ1n) is 6.21. The summed E-state index contributed by atoms with van der Waals surface area (Å²) in [6, 6.07) is 11.2. The van der Waals surface area contributed by atoms with Gasteiger partial charge in [0, 0.05) is 6.07 Å². The van der Waals surface area contributed by atoms with Gasteiger partial charge in [0.05, 0.1) is 19.1 Å². The summed E-state index contributed by atoms with van der Waals surface area (Å²) in [5.41, 5.74) is 0.866. The molecule has 0 saturated carbocycles. The van der Waals surface area contributed by atoms with Crippen LogP contribution >= 0.6 is 0 Å². The molecule has 0 radical (unpaired) electrons. The van der Waals surface area contributed by atoms with E-state index >= 15 is 0 Å². The molecule has 2 aromatic carbocycles. The topological polar surface area (TPSA) is 81.8 Å². The first kappa shape index (κ1) is 14.8. The van der Waals surface area contributed by atoms with Gasteiger partial charge in [-0.25, -0.2) is 0 Å². The van der Waals surface area contributed by atoms with Gasteiger partial charge in [-0.2, -0.15) is 0 Å². The van der Waals surface area contributed by atoms with Gasteiger partial charge in [0.25, 0.3) is 0 Å². The molecule has 1 unspecified atom stereocenters. The second kappa shape index (κ2) is 6.23. The van der Waals surface area contributed by atoms with Crippen LogP contribution < -0.4 is 9.47 Å². The molecule has 1 atom stereocenters. The molecule has 0 spiro atoms. The Morgan fingerprint density at radius 2 is 1.67 bits per heavy atom. The van der Waals surface area contributed by atoms with E-state index in [0.29, 0.717) is 16.9 Å². The molecule has 0 saturated heterocycles. The fourth-order valence-corrected chi connectivity index (χ4v) is 2.00. The zero-order valence-corrected chi connectivity index (χ0v) is 11.6. The summed E-state index contributed by atoms with van der Waals surface area (Å²) >= 11 is 0. The van der Waals surface area contributed by atoms with E-state index in [1.54, 1.807) is 37.4 Å². The van der Waals surface area contributed by atoms with E-state index in [1.807, 2.05) is 0 Å². The van der Waals surface area contributed by atoms with Crippen LogP contribution in [0.2, 0.25) is 0 Å². The lowest BCUT2D eigenvalue weighted by molar-refractivity contribution is -0.385. The molecule has 1 N–H and O–H groups in total. The van der Waals surface area contributed by atoms with Crippen LogP contribution in [0.15, 0.2) is 42.5 Å². The number of hydrogen-bond acceptors (Lipinski definition) is 5. The van der Waals surface area contributed by atoms with Crippen molar-refractivity contribution in [3.05, 3.63) is 63.7 Å².